The first-order chi connectivity index (χ1) is 9.15. The van der Waals surface area contributed by atoms with Gasteiger partial charge in [0.2, 0.25) is 0 Å². The van der Waals surface area contributed by atoms with Crippen LogP contribution in [0.2, 0.25) is 5.02 Å². The SMILES string of the molecule is CCC1OCCC1C(Cc1cc(F)ccc1Cl)NN. The molecule has 0 aromatic heterocycles. The third-order valence-corrected chi connectivity index (χ3v) is 4.21. The van der Waals surface area contributed by atoms with Gasteiger partial charge in [0.25, 0.3) is 0 Å². The topological polar surface area (TPSA) is 47.3 Å². The highest BCUT2D eigenvalue weighted by Crippen LogP contribution is 2.29. The highest BCUT2D eigenvalue weighted by Gasteiger charge is 2.33. The maximum atomic E-state index is 13.3. The van der Waals surface area contributed by atoms with Gasteiger partial charge in [0, 0.05) is 23.6 Å². The minimum atomic E-state index is -0.273. The lowest BCUT2D eigenvalue weighted by atomic mass is 9.87. The van der Waals surface area contributed by atoms with E-state index in [9.17, 15) is 4.39 Å². The van der Waals surface area contributed by atoms with Crippen molar-refractivity contribution in [2.45, 2.75) is 38.3 Å². The fourth-order valence-electron chi connectivity index (χ4n) is 2.82. The molecule has 1 aliphatic rings. The molecule has 3 nitrogen and oxygen atoms in total. The summed E-state index contributed by atoms with van der Waals surface area (Å²) in [4.78, 5) is 0. The van der Waals surface area contributed by atoms with Crippen molar-refractivity contribution in [2.24, 2.45) is 11.8 Å². The fraction of sp³-hybridized carbons (Fsp3) is 0.571. The third-order valence-electron chi connectivity index (χ3n) is 3.84. The van der Waals surface area contributed by atoms with E-state index < -0.39 is 0 Å². The van der Waals surface area contributed by atoms with Crippen LogP contribution in [0.25, 0.3) is 0 Å². The minimum absolute atomic E-state index is 0.0479. The molecule has 1 saturated heterocycles. The van der Waals surface area contributed by atoms with Crippen molar-refractivity contribution >= 4 is 11.6 Å². The summed E-state index contributed by atoms with van der Waals surface area (Å²) >= 11 is 6.11. The van der Waals surface area contributed by atoms with Crippen LogP contribution in [0.15, 0.2) is 18.2 Å². The molecule has 1 heterocycles. The molecule has 106 valence electrons. The largest absolute Gasteiger partial charge is 0.378 e. The van der Waals surface area contributed by atoms with Gasteiger partial charge in [-0.2, -0.15) is 0 Å². The minimum Gasteiger partial charge on any atom is -0.378 e. The van der Waals surface area contributed by atoms with Crippen molar-refractivity contribution in [3.63, 3.8) is 0 Å². The monoisotopic (exact) mass is 286 g/mol. The number of nitrogens with two attached hydrogens (primary N) is 1. The molecular formula is C14H20ClFN2O. The van der Waals surface area contributed by atoms with Crippen LogP contribution in [0.1, 0.15) is 25.3 Å². The van der Waals surface area contributed by atoms with Gasteiger partial charge in [0.05, 0.1) is 6.10 Å². The number of hydrogen-bond donors (Lipinski definition) is 2. The second-order valence-corrected chi connectivity index (χ2v) is 5.39. The molecule has 0 amide bonds. The van der Waals surface area contributed by atoms with Crippen molar-refractivity contribution in [3.05, 3.63) is 34.6 Å². The number of rotatable bonds is 5. The lowest BCUT2D eigenvalue weighted by molar-refractivity contribution is 0.0774. The quantitative estimate of drug-likeness (QED) is 0.646. The van der Waals surface area contributed by atoms with Crippen LogP contribution in [0, 0.1) is 11.7 Å². The zero-order valence-electron chi connectivity index (χ0n) is 11.0. The summed E-state index contributed by atoms with van der Waals surface area (Å²) in [5.74, 6) is 5.73. The third kappa shape index (κ3) is 3.45. The molecule has 1 aromatic rings. The molecule has 1 aliphatic heterocycles. The van der Waals surface area contributed by atoms with Gasteiger partial charge >= 0.3 is 0 Å². The van der Waals surface area contributed by atoms with E-state index in [4.69, 9.17) is 22.2 Å². The van der Waals surface area contributed by atoms with Crippen molar-refractivity contribution in [1.29, 1.82) is 0 Å². The molecule has 3 atom stereocenters. The summed E-state index contributed by atoms with van der Waals surface area (Å²) < 4.78 is 19.0. The van der Waals surface area contributed by atoms with E-state index in [0.29, 0.717) is 17.4 Å². The molecular weight excluding hydrogens is 267 g/mol. The molecule has 0 aliphatic carbocycles. The molecule has 5 heteroatoms. The van der Waals surface area contributed by atoms with E-state index in [1.54, 1.807) is 6.07 Å². The predicted octanol–water partition coefficient (Wildman–Crippen LogP) is 2.67. The van der Waals surface area contributed by atoms with Gasteiger partial charge in [-0.3, -0.25) is 11.3 Å². The highest BCUT2D eigenvalue weighted by molar-refractivity contribution is 6.31. The molecule has 3 unspecified atom stereocenters. The van der Waals surface area contributed by atoms with Gasteiger partial charge in [-0.05, 0) is 43.0 Å². The average Bonchev–Trinajstić information content (AvgIpc) is 2.88. The Morgan fingerprint density at radius 3 is 3.05 bits per heavy atom. The zero-order valence-corrected chi connectivity index (χ0v) is 11.8. The summed E-state index contributed by atoms with van der Waals surface area (Å²) in [6, 6.07) is 4.47. The molecule has 1 aromatic carbocycles. The molecule has 2 rings (SSSR count). The highest BCUT2D eigenvalue weighted by atomic mass is 35.5. The number of halogens is 2. The Balaban J connectivity index is 2.12. The van der Waals surface area contributed by atoms with Crippen molar-refractivity contribution in [1.82, 2.24) is 5.43 Å². The molecule has 0 bridgehead atoms. The first-order valence-corrected chi connectivity index (χ1v) is 7.05. The number of hydrogen-bond acceptors (Lipinski definition) is 3. The van der Waals surface area contributed by atoms with E-state index in [-0.39, 0.29) is 18.0 Å². The summed E-state index contributed by atoms with van der Waals surface area (Å²) in [5, 5.41) is 0.577. The summed E-state index contributed by atoms with van der Waals surface area (Å²) in [6.07, 6.45) is 2.76. The zero-order chi connectivity index (χ0) is 13.8. The Labute approximate surface area is 118 Å². The van der Waals surface area contributed by atoms with E-state index in [0.717, 1.165) is 25.0 Å². The number of nitrogens with one attached hydrogen (secondary N) is 1. The molecule has 0 radical (unpaired) electrons. The van der Waals surface area contributed by atoms with Gasteiger partial charge in [0.15, 0.2) is 0 Å². The lowest BCUT2D eigenvalue weighted by Gasteiger charge is -2.26. The van der Waals surface area contributed by atoms with Gasteiger partial charge in [-0.1, -0.05) is 18.5 Å². The smallest absolute Gasteiger partial charge is 0.123 e. The van der Waals surface area contributed by atoms with Crippen LogP contribution in [-0.4, -0.2) is 18.8 Å². The Bertz CT molecular complexity index is 430. The van der Waals surface area contributed by atoms with Crippen LogP contribution >= 0.6 is 11.6 Å². The Kier molecular flexibility index (Phi) is 5.16. The first-order valence-electron chi connectivity index (χ1n) is 6.67. The maximum absolute atomic E-state index is 13.3. The predicted molar refractivity (Wildman–Crippen MR) is 74.4 cm³/mol. The Morgan fingerprint density at radius 2 is 2.37 bits per heavy atom. The second kappa shape index (κ2) is 6.66. The van der Waals surface area contributed by atoms with Crippen molar-refractivity contribution in [3.8, 4) is 0 Å². The lowest BCUT2D eigenvalue weighted by Crippen LogP contribution is -2.45. The first kappa shape index (κ1) is 14.7. The summed E-state index contributed by atoms with van der Waals surface area (Å²) in [5.41, 5.74) is 3.63. The van der Waals surface area contributed by atoms with E-state index in [1.807, 2.05) is 0 Å². The van der Waals surface area contributed by atoms with Crippen molar-refractivity contribution in [2.75, 3.05) is 6.61 Å². The van der Waals surface area contributed by atoms with Crippen LogP contribution in [0.3, 0.4) is 0 Å². The average molecular weight is 287 g/mol. The Morgan fingerprint density at radius 1 is 1.58 bits per heavy atom. The van der Waals surface area contributed by atoms with Gasteiger partial charge in [-0.25, -0.2) is 4.39 Å². The number of hydrazine groups is 1. The fourth-order valence-corrected chi connectivity index (χ4v) is 3.01. The van der Waals surface area contributed by atoms with E-state index in [2.05, 4.69) is 12.3 Å². The second-order valence-electron chi connectivity index (χ2n) is 4.98. The standard InChI is InChI=1S/C14H20ClFN2O/c1-2-14-11(5-6-19-14)13(18-17)8-9-7-10(16)3-4-12(9)15/h3-4,7,11,13-14,18H,2,5-6,8,17H2,1H3. The normalized spacial score (nSPS) is 24.6. The molecule has 19 heavy (non-hydrogen) atoms. The van der Waals surface area contributed by atoms with Crippen molar-refractivity contribution < 1.29 is 9.13 Å². The van der Waals surface area contributed by atoms with Gasteiger partial charge < -0.3 is 4.74 Å². The van der Waals surface area contributed by atoms with Crippen LogP contribution in [0.5, 0.6) is 0 Å². The molecule has 0 spiro atoms. The van der Waals surface area contributed by atoms with Gasteiger partial charge in [0.1, 0.15) is 5.82 Å². The molecule has 3 N–H and O–H groups in total. The molecule has 0 saturated carbocycles. The number of ether oxygens (including phenoxy) is 1. The van der Waals surface area contributed by atoms with Gasteiger partial charge in [-0.15, -0.1) is 0 Å². The maximum Gasteiger partial charge on any atom is 0.123 e. The van der Waals surface area contributed by atoms with Crippen LogP contribution in [-0.2, 0) is 11.2 Å². The summed E-state index contributed by atoms with van der Waals surface area (Å²) in [7, 11) is 0. The van der Waals surface area contributed by atoms with Crippen LogP contribution < -0.4 is 11.3 Å². The van der Waals surface area contributed by atoms with E-state index in [1.165, 1.54) is 12.1 Å². The Hall–Kier alpha value is -0.680. The van der Waals surface area contributed by atoms with Crippen LogP contribution in [0.4, 0.5) is 4.39 Å². The molecule has 1 fully saturated rings. The van der Waals surface area contributed by atoms with E-state index >= 15 is 0 Å². The summed E-state index contributed by atoms with van der Waals surface area (Å²) in [6.45, 7) is 2.87. The number of benzene rings is 1.